The van der Waals surface area contributed by atoms with Gasteiger partial charge in [0.1, 0.15) is 22.9 Å². The molecule has 2 aromatic carbocycles. The van der Waals surface area contributed by atoms with E-state index < -0.39 is 17.5 Å². The number of esters is 2. The minimum atomic E-state index is -0.546. The lowest BCUT2D eigenvalue weighted by Gasteiger charge is -2.07. The molecule has 0 bridgehead atoms. The van der Waals surface area contributed by atoms with Crippen LogP contribution >= 0.6 is 11.3 Å². The van der Waals surface area contributed by atoms with Gasteiger partial charge in [-0.2, -0.15) is 0 Å². The maximum absolute atomic E-state index is 13.0. The Morgan fingerprint density at radius 2 is 1.64 bits per heavy atom. The Morgan fingerprint density at radius 3 is 2.33 bits per heavy atom. The van der Waals surface area contributed by atoms with Gasteiger partial charge in [0.15, 0.2) is 0 Å². The van der Waals surface area contributed by atoms with Crippen LogP contribution in [0.15, 0.2) is 71.8 Å². The summed E-state index contributed by atoms with van der Waals surface area (Å²) in [7, 11) is 0. The first-order valence-electron chi connectivity index (χ1n) is 10.4. The number of aromatic nitrogens is 2. The molecule has 2 aromatic heterocycles. The Bertz CT molecular complexity index is 1330. The van der Waals surface area contributed by atoms with Gasteiger partial charge in [0.05, 0.1) is 18.3 Å². The van der Waals surface area contributed by atoms with Crippen LogP contribution in [-0.2, 0) is 33.8 Å². The first-order valence-corrected chi connectivity index (χ1v) is 11.2. The monoisotopic (exact) mass is 462 g/mol. The van der Waals surface area contributed by atoms with E-state index in [1.807, 2.05) is 60.7 Å². The molecule has 7 nitrogen and oxygen atoms in total. The number of hydrogen-bond acceptors (Lipinski definition) is 7. The fraction of sp³-hybridized carbons (Fsp3) is 0.200. The molecular weight excluding hydrogens is 440 g/mol. The second kappa shape index (κ2) is 10.2. The third-order valence-electron chi connectivity index (χ3n) is 5.11. The van der Waals surface area contributed by atoms with Gasteiger partial charge in [-0.05, 0) is 23.6 Å². The zero-order valence-electron chi connectivity index (χ0n) is 18.0. The smallest absolute Gasteiger partial charge is 0.348 e. The minimum absolute atomic E-state index is 0.126. The zero-order chi connectivity index (χ0) is 23.2. The minimum Gasteiger partial charge on any atom is -0.461 e. The number of fused-ring (bicyclic) bond motifs is 1. The SMILES string of the molecule is Cc1c(C(=O)OCCc2ccccc2)sc2ncn(CC(=O)OCc3ccccc3)c(=O)c12. The lowest BCUT2D eigenvalue weighted by molar-refractivity contribution is -0.145. The van der Waals surface area contributed by atoms with Gasteiger partial charge in [0.25, 0.3) is 5.56 Å². The number of thiophene rings is 1. The molecule has 0 spiro atoms. The molecule has 0 atom stereocenters. The average molecular weight is 463 g/mol. The Hall–Kier alpha value is -3.78. The Morgan fingerprint density at radius 1 is 0.970 bits per heavy atom. The van der Waals surface area contributed by atoms with Crippen LogP contribution in [0.2, 0.25) is 0 Å². The van der Waals surface area contributed by atoms with Crippen molar-refractivity contribution in [2.24, 2.45) is 0 Å². The maximum Gasteiger partial charge on any atom is 0.348 e. The summed E-state index contributed by atoms with van der Waals surface area (Å²) >= 11 is 1.11. The number of rotatable bonds is 8. The molecule has 8 heteroatoms. The van der Waals surface area contributed by atoms with Crippen LogP contribution in [0.5, 0.6) is 0 Å². The van der Waals surface area contributed by atoms with Gasteiger partial charge in [0, 0.05) is 6.42 Å². The Kier molecular flexibility index (Phi) is 6.95. The second-order valence-corrected chi connectivity index (χ2v) is 8.43. The van der Waals surface area contributed by atoms with Gasteiger partial charge in [-0.3, -0.25) is 14.2 Å². The fourth-order valence-corrected chi connectivity index (χ4v) is 4.39. The van der Waals surface area contributed by atoms with E-state index >= 15 is 0 Å². The summed E-state index contributed by atoms with van der Waals surface area (Å²) in [5.74, 6) is -1.03. The number of hydrogen-bond donors (Lipinski definition) is 0. The molecule has 168 valence electrons. The number of benzene rings is 2. The summed E-state index contributed by atoms with van der Waals surface area (Å²) < 4.78 is 11.9. The Labute approximate surface area is 194 Å². The van der Waals surface area contributed by atoms with Gasteiger partial charge in [-0.25, -0.2) is 9.78 Å². The van der Waals surface area contributed by atoms with Crippen molar-refractivity contribution in [1.82, 2.24) is 9.55 Å². The van der Waals surface area contributed by atoms with E-state index in [4.69, 9.17) is 9.47 Å². The highest BCUT2D eigenvalue weighted by molar-refractivity contribution is 7.20. The summed E-state index contributed by atoms with van der Waals surface area (Å²) in [6, 6.07) is 19.0. The topological polar surface area (TPSA) is 87.5 Å². The first kappa shape index (κ1) is 22.4. The standard InChI is InChI=1S/C25H22N2O5S/c1-17-21-23(33-22(17)25(30)31-13-12-18-8-4-2-5-9-18)26-16-27(24(21)29)14-20(28)32-15-19-10-6-3-7-11-19/h2-11,16H,12-15H2,1H3. The summed E-state index contributed by atoms with van der Waals surface area (Å²) in [5, 5.41) is 0.313. The van der Waals surface area contributed by atoms with Crippen LogP contribution in [0.25, 0.3) is 10.2 Å². The van der Waals surface area contributed by atoms with E-state index in [1.165, 1.54) is 10.9 Å². The van der Waals surface area contributed by atoms with E-state index in [9.17, 15) is 14.4 Å². The van der Waals surface area contributed by atoms with Gasteiger partial charge < -0.3 is 9.47 Å². The van der Waals surface area contributed by atoms with Crippen LogP contribution in [0.3, 0.4) is 0 Å². The van der Waals surface area contributed by atoms with Gasteiger partial charge in [-0.1, -0.05) is 60.7 Å². The normalized spacial score (nSPS) is 10.8. The molecule has 0 radical (unpaired) electrons. The molecule has 0 saturated heterocycles. The summed E-state index contributed by atoms with van der Waals surface area (Å²) in [5.41, 5.74) is 2.04. The fourth-order valence-electron chi connectivity index (χ4n) is 3.36. The quantitative estimate of drug-likeness (QED) is 0.369. The van der Waals surface area contributed by atoms with E-state index in [0.29, 0.717) is 27.1 Å². The summed E-state index contributed by atoms with van der Waals surface area (Å²) in [6.07, 6.45) is 1.90. The van der Waals surface area contributed by atoms with E-state index in [0.717, 1.165) is 22.5 Å². The largest absolute Gasteiger partial charge is 0.461 e. The van der Waals surface area contributed by atoms with Gasteiger partial charge in [0.2, 0.25) is 0 Å². The van der Waals surface area contributed by atoms with Crippen LogP contribution in [0, 0.1) is 6.92 Å². The molecule has 0 aliphatic carbocycles. The highest BCUT2D eigenvalue weighted by atomic mass is 32.1. The van der Waals surface area contributed by atoms with Crippen molar-refractivity contribution in [2.75, 3.05) is 6.61 Å². The maximum atomic E-state index is 13.0. The molecule has 4 aromatic rings. The van der Waals surface area contributed by atoms with Crippen molar-refractivity contribution in [3.63, 3.8) is 0 Å². The lowest BCUT2D eigenvalue weighted by atomic mass is 10.2. The number of carbonyl (C=O) groups excluding carboxylic acids is 2. The van der Waals surface area contributed by atoms with E-state index in [-0.39, 0.29) is 19.8 Å². The van der Waals surface area contributed by atoms with E-state index in [2.05, 4.69) is 4.98 Å². The van der Waals surface area contributed by atoms with Crippen molar-refractivity contribution in [1.29, 1.82) is 0 Å². The number of aryl methyl sites for hydroxylation is 1. The summed E-state index contributed by atoms with van der Waals surface area (Å²) in [4.78, 5) is 42.8. The molecule has 0 N–H and O–H groups in total. The molecule has 0 aliphatic rings. The predicted octanol–water partition coefficient (Wildman–Crippen LogP) is 3.91. The van der Waals surface area contributed by atoms with Crippen molar-refractivity contribution >= 4 is 33.5 Å². The molecule has 4 rings (SSSR count). The molecular formula is C25H22N2O5S. The third-order valence-corrected chi connectivity index (χ3v) is 6.29. The van der Waals surface area contributed by atoms with Crippen molar-refractivity contribution < 1.29 is 19.1 Å². The van der Waals surface area contributed by atoms with Gasteiger partial charge >= 0.3 is 11.9 Å². The molecule has 2 heterocycles. The van der Waals surface area contributed by atoms with Crippen LogP contribution in [0.1, 0.15) is 26.4 Å². The highest BCUT2D eigenvalue weighted by Crippen LogP contribution is 2.27. The molecule has 0 aliphatic heterocycles. The number of nitrogens with zero attached hydrogens (tertiary/aromatic N) is 2. The highest BCUT2D eigenvalue weighted by Gasteiger charge is 2.21. The Balaban J connectivity index is 1.44. The van der Waals surface area contributed by atoms with Crippen molar-refractivity contribution in [3.8, 4) is 0 Å². The first-order chi connectivity index (χ1) is 16.0. The van der Waals surface area contributed by atoms with Crippen molar-refractivity contribution in [2.45, 2.75) is 26.5 Å². The average Bonchev–Trinajstić information content (AvgIpc) is 3.18. The molecule has 0 amide bonds. The molecule has 33 heavy (non-hydrogen) atoms. The van der Waals surface area contributed by atoms with Crippen molar-refractivity contribution in [3.05, 3.63) is 98.9 Å². The molecule has 0 saturated carbocycles. The van der Waals surface area contributed by atoms with Gasteiger partial charge in [-0.15, -0.1) is 11.3 Å². The third kappa shape index (κ3) is 5.35. The van der Waals surface area contributed by atoms with Crippen LogP contribution in [-0.4, -0.2) is 28.1 Å². The predicted molar refractivity (Wildman–Crippen MR) is 125 cm³/mol. The molecule has 0 fully saturated rings. The second-order valence-electron chi connectivity index (χ2n) is 7.43. The zero-order valence-corrected chi connectivity index (χ0v) is 18.8. The van der Waals surface area contributed by atoms with E-state index in [1.54, 1.807) is 6.92 Å². The lowest BCUT2D eigenvalue weighted by Crippen LogP contribution is -2.25. The molecule has 0 unspecified atom stereocenters. The number of ether oxygens (including phenoxy) is 2. The number of carbonyl (C=O) groups is 2. The summed E-state index contributed by atoms with van der Waals surface area (Å²) in [6.45, 7) is 1.79. The van der Waals surface area contributed by atoms with Crippen LogP contribution in [0.4, 0.5) is 0 Å². The van der Waals surface area contributed by atoms with Crippen LogP contribution < -0.4 is 5.56 Å².